The summed E-state index contributed by atoms with van der Waals surface area (Å²) in [5, 5.41) is 8.13. The molecular weight excluding hydrogens is 254 g/mol. The number of hydrogen-bond acceptors (Lipinski definition) is 4. The van der Waals surface area contributed by atoms with Gasteiger partial charge in [-0.1, -0.05) is 37.1 Å². The fraction of sp³-hybridized carbons (Fsp3) is 0.400. The highest BCUT2D eigenvalue weighted by atomic mass is 16.5. The number of hydrogen-bond donors (Lipinski definition) is 0. The predicted molar refractivity (Wildman–Crippen MR) is 75.7 cm³/mol. The maximum absolute atomic E-state index is 10.9. The van der Waals surface area contributed by atoms with E-state index in [0.717, 1.165) is 24.9 Å². The second kappa shape index (κ2) is 7.43. The van der Waals surface area contributed by atoms with Gasteiger partial charge in [0, 0.05) is 6.54 Å². The zero-order valence-corrected chi connectivity index (χ0v) is 11.7. The van der Waals surface area contributed by atoms with Crippen LogP contribution in [0.2, 0.25) is 0 Å². The monoisotopic (exact) mass is 273 g/mol. The third-order valence-electron chi connectivity index (χ3n) is 3.00. The van der Waals surface area contributed by atoms with E-state index in [1.807, 2.05) is 16.9 Å². The minimum atomic E-state index is 0.318. The van der Waals surface area contributed by atoms with Crippen LogP contribution in [0.4, 0.5) is 0 Å². The Kier molecular flexibility index (Phi) is 5.29. The first-order valence-corrected chi connectivity index (χ1v) is 6.89. The number of para-hydroxylation sites is 1. The Morgan fingerprint density at radius 2 is 2.15 bits per heavy atom. The molecule has 0 saturated heterocycles. The Morgan fingerprint density at radius 1 is 1.30 bits per heavy atom. The van der Waals surface area contributed by atoms with Crippen LogP contribution in [0.1, 0.15) is 42.2 Å². The molecule has 2 aromatic rings. The number of aromatic nitrogens is 3. The van der Waals surface area contributed by atoms with Gasteiger partial charge in [0.25, 0.3) is 0 Å². The molecule has 0 radical (unpaired) electrons. The number of benzene rings is 1. The van der Waals surface area contributed by atoms with Gasteiger partial charge in [-0.25, -0.2) is 0 Å². The average molecular weight is 273 g/mol. The largest absolute Gasteiger partial charge is 0.486 e. The van der Waals surface area contributed by atoms with Gasteiger partial charge in [0.2, 0.25) is 0 Å². The van der Waals surface area contributed by atoms with Gasteiger partial charge >= 0.3 is 0 Å². The highest BCUT2D eigenvalue weighted by Gasteiger charge is 2.05. The maximum Gasteiger partial charge on any atom is 0.153 e. The molecule has 1 aromatic heterocycles. The van der Waals surface area contributed by atoms with Gasteiger partial charge in [-0.2, -0.15) is 0 Å². The summed E-state index contributed by atoms with van der Waals surface area (Å²) < 4.78 is 7.44. The SMILES string of the molecule is CCCCCn1cc(COc2ccccc2C=O)nn1. The fourth-order valence-electron chi connectivity index (χ4n) is 1.90. The lowest BCUT2D eigenvalue weighted by molar-refractivity contribution is 0.111. The van der Waals surface area contributed by atoms with Gasteiger partial charge in [0.1, 0.15) is 18.1 Å². The summed E-state index contributed by atoms with van der Waals surface area (Å²) in [6.07, 6.45) is 6.16. The number of carbonyl (C=O) groups excluding carboxylic acids is 1. The van der Waals surface area contributed by atoms with Gasteiger partial charge in [0.05, 0.1) is 11.8 Å². The first-order valence-electron chi connectivity index (χ1n) is 6.89. The van der Waals surface area contributed by atoms with E-state index in [1.54, 1.807) is 18.2 Å². The van der Waals surface area contributed by atoms with Crippen molar-refractivity contribution in [1.29, 1.82) is 0 Å². The quantitative estimate of drug-likeness (QED) is 0.548. The summed E-state index contributed by atoms with van der Waals surface area (Å²) in [5.41, 5.74) is 1.31. The lowest BCUT2D eigenvalue weighted by Crippen LogP contribution is -1.99. The number of carbonyl (C=O) groups is 1. The number of unbranched alkanes of at least 4 members (excludes halogenated alkanes) is 2. The van der Waals surface area contributed by atoms with Crippen molar-refractivity contribution in [2.45, 2.75) is 39.3 Å². The highest BCUT2D eigenvalue weighted by Crippen LogP contribution is 2.16. The Bertz CT molecular complexity index is 552. The van der Waals surface area contributed by atoms with Crippen LogP contribution < -0.4 is 4.74 Å². The Balaban J connectivity index is 1.89. The zero-order chi connectivity index (χ0) is 14.2. The van der Waals surface area contributed by atoms with E-state index in [4.69, 9.17) is 4.74 Å². The van der Waals surface area contributed by atoms with Crippen LogP contribution in [0.25, 0.3) is 0 Å². The zero-order valence-electron chi connectivity index (χ0n) is 11.7. The molecule has 5 heteroatoms. The van der Waals surface area contributed by atoms with Crippen LogP contribution in [0.3, 0.4) is 0 Å². The van der Waals surface area contributed by atoms with E-state index < -0.39 is 0 Å². The molecule has 0 N–H and O–H groups in total. The summed E-state index contributed by atoms with van der Waals surface area (Å²) in [6, 6.07) is 7.14. The molecule has 20 heavy (non-hydrogen) atoms. The summed E-state index contributed by atoms with van der Waals surface area (Å²) >= 11 is 0. The van der Waals surface area contributed by atoms with E-state index >= 15 is 0 Å². The Hall–Kier alpha value is -2.17. The third kappa shape index (κ3) is 3.91. The van der Waals surface area contributed by atoms with Crippen molar-refractivity contribution in [3.63, 3.8) is 0 Å². The minimum Gasteiger partial charge on any atom is -0.486 e. The van der Waals surface area contributed by atoms with Gasteiger partial charge in [-0.3, -0.25) is 9.48 Å². The molecule has 0 fully saturated rings. The summed E-state index contributed by atoms with van der Waals surface area (Å²) in [4.78, 5) is 10.9. The molecule has 1 heterocycles. The topological polar surface area (TPSA) is 57.0 Å². The molecule has 0 spiro atoms. The second-order valence-electron chi connectivity index (χ2n) is 4.62. The van der Waals surface area contributed by atoms with Gasteiger partial charge in [-0.15, -0.1) is 5.10 Å². The molecule has 5 nitrogen and oxygen atoms in total. The molecule has 0 unspecified atom stereocenters. The highest BCUT2D eigenvalue weighted by molar-refractivity contribution is 5.79. The van der Waals surface area contributed by atoms with Crippen LogP contribution in [-0.2, 0) is 13.2 Å². The number of nitrogens with zero attached hydrogens (tertiary/aromatic N) is 3. The molecule has 0 saturated carbocycles. The smallest absolute Gasteiger partial charge is 0.153 e. The minimum absolute atomic E-state index is 0.318. The predicted octanol–water partition coefficient (Wildman–Crippen LogP) is 2.86. The lowest BCUT2D eigenvalue weighted by atomic mass is 10.2. The van der Waals surface area contributed by atoms with E-state index in [9.17, 15) is 4.79 Å². The summed E-state index contributed by atoms with van der Waals surface area (Å²) in [6.45, 7) is 3.37. The van der Waals surface area contributed by atoms with Crippen LogP contribution in [-0.4, -0.2) is 21.3 Å². The standard InChI is InChI=1S/C15H19N3O2/c1-2-3-6-9-18-10-14(16-17-18)12-20-15-8-5-4-7-13(15)11-19/h4-5,7-8,10-11H,2-3,6,9,12H2,1H3. The van der Waals surface area contributed by atoms with E-state index in [0.29, 0.717) is 17.9 Å². The molecule has 1 aromatic carbocycles. The molecule has 0 aliphatic carbocycles. The van der Waals surface area contributed by atoms with Crippen molar-refractivity contribution in [2.75, 3.05) is 0 Å². The first-order chi connectivity index (χ1) is 9.83. The third-order valence-corrected chi connectivity index (χ3v) is 3.00. The number of aldehydes is 1. The first kappa shape index (κ1) is 14.2. The fourth-order valence-corrected chi connectivity index (χ4v) is 1.90. The molecule has 106 valence electrons. The van der Waals surface area contributed by atoms with Crippen LogP contribution in [0.5, 0.6) is 5.75 Å². The molecular formula is C15H19N3O2. The molecule has 2 rings (SSSR count). The Morgan fingerprint density at radius 3 is 2.95 bits per heavy atom. The lowest BCUT2D eigenvalue weighted by Gasteiger charge is -2.05. The summed E-state index contributed by atoms with van der Waals surface area (Å²) in [7, 11) is 0. The van der Waals surface area contributed by atoms with Crippen molar-refractivity contribution in [2.24, 2.45) is 0 Å². The molecule has 0 bridgehead atoms. The van der Waals surface area contributed by atoms with Crippen LogP contribution in [0, 0.1) is 0 Å². The van der Waals surface area contributed by atoms with Gasteiger partial charge in [0.15, 0.2) is 6.29 Å². The van der Waals surface area contributed by atoms with Crippen molar-refractivity contribution in [1.82, 2.24) is 15.0 Å². The molecule has 0 atom stereocenters. The van der Waals surface area contributed by atoms with Crippen molar-refractivity contribution in [3.8, 4) is 5.75 Å². The second-order valence-corrected chi connectivity index (χ2v) is 4.62. The van der Waals surface area contributed by atoms with Crippen molar-refractivity contribution >= 4 is 6.29 Å². The van der Waals surface area contributed by atoms with E-state index in [-0.39, 0.29) is 0 Å². The van der Waals surface area contributed by atoms with Crippen LogP contribution in [0.15, 0.2) is 30.5 Å². The summed E-state index contributed by atoms with van der Waals surface area (Å²) in [5.74, 6) is 0.572. The number of aryl methyl sites for hydroxylation is 1. The van der Waals surface area contributed by atoms with Gasteiger partial charge in [-0.05, 0) is 18.6 Å². The normalized spacial score (nSPS) is 10.4. The Labute approximate surface area is 118 Å². The maximum atomic E-state index is 10.9. The number of rotatable bonds is 8. The average Bonchev–Trinajstić information content (AvgIpc) is 2.93. The van der Waals surface area contributed by atoms with E-state index in [1.165, 1.54) is 12.8 Å². The van der Waals surface area contributed by atoms with E-state index in [2.05, 4.69) is 17.2 Å². The van der Waals surface area contributed by atoms with Crippen molar-refractivity contribution < 1.29 is 9.53 Å². The van der Waals surface area contributed by atoms with Crippen molar-refractivity contribution in [3.05, 3.63) is 41.7 Å². The molecule has 0 aliphatic heterocycles. The molecule has 0 aliphatic rings. The molecule has 0 amide bonds. The van der Waals surface area contributed by atoms with Gasteiger partial charge < -0.3 is 4.74 Å². The van der Waals surface area contributed by atoms with Crippen LogP contribution >= 0.6 is 0 Å². The number of ether oxygens (including phenoxy) is 1.